The van der Waals surface area contributed by atoms with Crippen molar-refractivity contribution in [2.75, 3.05) is 40.4 Å². The van der Waals surface area contributed by atoms with Crippen LogP contribution in [0.1, 0.15) is 6.42 Å². The van der Waals surface area contributed by atoms with Crippen LogP contribution in [0.4, 0.5) is 0 Å². The first-order valence-electron chi connectivity index (χ1n) is 5.69. The molecule has 0 aromatic rings. The maximum Gasteiger partial charge on any atom is 0.323 e. The summed E-state index contributed by atoms with van der Waals surface area (Å²) >= 11 is 0. The lowest BCUT2D eigenvalue weighted by molar-refractivity contribution is -0.145. The first kappa shape index (κ1) is 14.4. The predicted molar refractivity (Wildman–Crippen MR) is 61.8 cm³/mol. The number of amides is 2. The van der Waals surface area contributed by atoms with Gasteiger partial charge in [0.1, 0.15) is 6.54 Å². The number of aliphatic carboxylic acids is 1. The topological polar surface area (TPSA) is 87.2 Å². The minimum Gasteiger partial charge on any atom is -0.480 e. The van der Waals surface area contributed by atoms with Crippen molar-refractivity contribution in [2.45, 2.75) is 6.42 Å². The highest BCUT2D eigenvalue weighted by atomic mass is 16.5. The van der Waals surface area contributed by atoms with Crippen LogP contribution >= 0.6 is 0 Å². The molecule has 102 valence electrons. The highest BCUT2D eigenvalue weighted by Crippen LogP contribution is 2.19. The maximum absolute atomic E-state index is 11.9. The van der Waals surface area contributed by atoms with Crippen LogP contribution in [0.5, 0.6) is 0 Å². The maximum atomic E-state index is 11.9. The molecule has 0 spiro atoms. The monoisotopic (exact) mass is 258 g/mol. The van der Waals surface area contributed by atoms with E-state index in [1.165, 1.54) is 7.05 Å². The lowest BCUT2D eigenvalue weighted by Crippen LogP contribution is -2.38. The number of methoxy groups -OCH3 is 1. The summed E-state index contributed by atoms with van der Waals surface area (Å²) in [5.74, 6) is -1.90. The van der Waals surface area contributed by atoms with Crippen molar-refractivity contribution in [2.24, 2.45) is 5.92 Å². The van der Waals surface area contributed by atoms with Crippen LogP contribution in [0.25, 0.3) is 0 Å². The van der Waals surface area contributed by atoms with Crippen LogP contribution in [0.2, 0.25) is 0 Å². The first-order chi connectivity index (χ1) is 8.45. The Hall–Kier alpha value is -1.63. The van der Waals surface area contributed by atoms with E-state index >= 15 is 0 Å². The molecule has 1 rings (SSSR count). The Morgan fingerprint density at radius 1 is 1.56 bits per heavy atom. The number of likely N-dealkylation sites (N-methyl/N-ethyl adjacent to an activating group) is 1. The summed E-state index contributed by atoms with van der Waals surface area (Å²) in [6.45, 7) is 0.881. The number of hydrogen-bond acceptors (Lipinski definition) is 4. The molecular weight excluding hydrogens is 240 g/mol. The fraction of sp³-hybridized carbons (Fsp3) is 0.727. The third-order valence-electron chi connectivity index (χ3n) is 2.88. The molecule has 1 aliphatic heterocycles. The Balaban J connectivity index is 2.51. The smallest absolute Gasteiger partial charge is 0.323 e. The Morgan fingerprint density at radius 2 is 2.22 bits per heavy atom. The number of hydrogen-bond donors (Lipinski definition) is 1. The molecule has 1 atom stereocenters. The summed E-state index contributed by atoms with van der Waals surface area (Å²) in [5, 5.41) is 8.61. The molecule has 1 saturated heterocycles. The van der Waals surface area contributed by atoms with E-state index in [1.807, 2.05) is 0 Å². The molecule has 0 aromatic heterocycles. The van der Waals surface area contributed by atoms with Gasteiger partial charge in [-0.3, -0.25) is 14.4 Å². The Morgan fingerprint density at radius 3 is 2.78 bits per heavy atom. The Labute approximate surface area is 105 Å². The molecular formula is C11H18N2O5. The molecule has 2 amide bonds. The van der Waals surface area contributed by atoms with Crippen LogP contribution in [0.3, 0.4) is 0 Å². The second kappa shape index (κ2) is 6.34. The van der Waals surface area contributed by atoms with Crippen molar-refractivity contribution in [1.82, 2.24) is 9.80 Å². The van der Waals surface area contributed by atoms with Gasteiger partial charge in [0.2, 0.25) is 11.8 Å². The lowest BCUT2D eigenvalue weighted by atomic mass is 10.1. The molecule has 1 aliphatic rings. The molecule has 1 N–H and O–H groups in total. The summed E-state index contributed by atoms with van der Waals surface area (Å²) in [4.78, 5) is 36.7. The number of nitrogens with zero attached hydrogens (tertiary/aromatic N) is 2. The van der Waals surface area contributed by atoms with E-state index in [1.54, 1.807) is 12.0 Å². The van der Waals surface area contributed by atoms with Gasteiger partial charge in [-0.05, 0) is 0 Å². The van der Waals surface area contributed by atoms with Crippen molar-refractivity contribution in [1.29, 1.82) is 0 Å². The van der Waals surface area contributed by atoms with E-state index in [4.69, 9.17) is 9.84 Å². The standard InChI is InChI=1S/C11H18N2O5/c1-12(7-10(15)16)11(17)8-5-9(14)13(6-8)3-4-18-2/h8H,3-7H2,1-2H3,(H,15,16)/t8-/m1/s1. The van der Waals surface area contributed by atoms with Crippen molar-refractivity contribution in [3.8, 4) is 0 Å². The van der Waals surface area contributed by atoms with Gasteiger partial charge < -0.3 is 19.6 Å². The van der Waals surface area contributed by atoms with Crippen LogP contribution in [-0.2, 0) is 19.1 Å². The van der Waals surface area contributed by atoms with Gasteiger partial charge in [-0.1, -0.05) is 0 Å². The summed E-state index contributed by atoms with van der Waals surface area (Å²) in [5.41, 5.74) is 0. The summed E-state index contributed by atoms with van der Waals surface area (Å²) < 4.78 is 4.88. The van der Waals surface area contributed by atoms with E-state index in [-0.39, 0.29) is 24.8 Å². The van der Waals surface area contributed by atoms with Crippen molar-refractivity contribution < 1.29 is 24.2 Å². The normalized spacial score (nSPS) is 19.1. The van der Waals surface area contributed by atoms with E-state index in [0.29, 0.717) is 19.7 Å². The third kappa shape index (κ3) is 3.69. The number of likely N-dealkylation sites (tertiary alicyclic amines) is 1. The minimum atomic E-state index is -1.06. The molecule has 18 heavy (non-hydrogen) atoms. The summed E-state index contributed by atoms with van der Waals surface area (Å²) in [6.07, 6.45) is 0.145. The van der Waals surface area contributed by atoms with E-state index in [0.717, 1.165) is 4.90 Å². The fourth-order valence-corrected chi connectivity index (χ4v) is 1.95. The molecule has 0 saturated carbocycles. The predicted octanol–water partition coefficient (Wildman–Crippen LogP) is -0.976. The third-order valence-corrected chi connectivity index (χ3v) is 2.88. The van der Waals surface area contributed by atoms with Gasteiger partial charge in [-0.15, -0.1) is 0 Å². The van der Waals surface area contributed by atoms with Gasteiger partial charge in [0.05, 0.1) is 12.5 Å². The SMILES string of the molecule is COCCN1C[C@H](C(=O)N(C)CC(=O)O)CC1=O. The largest absolute Gasteiger partial charge is 0.480 e. The second-order valence-corrected chi connectivity index (χ2v) is 4.32. The lowest BCUT2D eigenvalue weighted by Gasteiger charge is -2.19. The molecule has 7 nitrogen and oxygen atoms in total. The highest BCUT2D eigenvalue weighted by molar-refractivity contribution is 5.90. The zero-order chi connectivity index (χ0) is 13.7. The number of carbonyl (C=O) groups excluding carboxylic acids is 2. The number of carbonyl (C=O) groups is 3. The second-order valence-electron chi connectivity index (χ2n) is 4.32. The fourth-order valence-electron chi connectivity index (χ4n) is 1.95. The van der Waals surface area contributed by atoms with Crippen molar-refractivity contribution >= 4 is 17.8 Å². The van der Waals surface area contributed by atoms with Crippen LogP contribution in [0.15, 0.2) is 0 Å². The van der Waals surface area contributed by atoms with Gasteiger partial charge in [0, 0.05) is 33.7 Å². The molecule has 0 unspecified atom stereocenters. The van der Waals surface area contributed by atoms with E-state index in [2.05, 4.69) is 0 Å². The van der Waals surface area contributed by atoms with E-state index in [9.17, 15) is 14.4 Å². The van der Waals surface area contributed by atoms with Gasteiger partial charge in [-0.25, -0.2) is 0 Å². The van der Waals surface area contributed by atoms with Gasteiger partial charge in [-0.2, -0.15) is 0 Å². The molecule has 0 bridgehead atoms. The summed E-state index contributed by atoms with van der Waals surface area (Å²) in [7, 11) is 2.97. The van der Waals surface area contributed by atoms with Crippen LogP contribution in [0, 0.1) is 5.92 Å². The van der Waals surface area contributed by atoms with Crippen molar-refractivity contribution in [3.05, 3.63) is 0 Å². The average Bonchev–Trinajstić information content (AvgIpc) is 2.66. The van der Waals surface area contributed by atoms with Gasteiger partial charge in [0.25, 0.3) is 0 Å². The molecule has 1 fully saturated rings. The molecule has 0 aliphatic carbocycles. The number of ether oxygens (including phenoxy) is 1. The van der Waals surface area contributed by atoms with Crippen LogP contribution in [-0.4, -0.2) is 73.1 Å². The van der Waals surface area contributed by atoms with E-state index < -0.39 is 11.9 Å². The number of carboxylic acid groups (broad SMARTS) is 1. The quantitative estimate of drug-likeness (QED) is 0.662. The Bertz CT molecular complexity index is 344. The van der Waals surface area contributed by atoms with Gasteiger partial charge in [0.15, 0.2) is 0 Å². The zero-order valence-corrected chi connectivity index (χ0v) is 10.6. The summed E-state index contributed by atoms with van der Waals surface area (Å²) in [6, 6.07) is 0. The molecule has 7 heteroatoms. The van der Waals surface area contributed by atoms with Crippen LogP contribution < -0.4 is 0 Å². The molecule has 0 radical (unpaired) electrons. The minimum absolute atomic E-state index is 0.0888. The number of carboxylic acids is 1. The molecule has 1 heterocycles. The Kier molecular flexibility index (Phi) is 5.08. The molecule has 0 aromatic carbocycles. The average molecular weight is 258 g/mol. The van der Waals surface area contributed by atoms with Gasteiger partial charge >= 0.3 is 5.97 Å². The highest BCUT2D eigenvalue weighted by Gasteiger charge is 2.35. The number of rotatable bonds is 6. The first-order valence-corrected chi connectivity index (χ1v) is 5.69. The van der Waals surface area contributed by atoms with Crippen molar-refractivity contribution in [3.63, 3.8) is 0 Å². The zero-order valence-electron chi connectivity index (χ0n) is 10.6.